The van der Waals surface area contributed by atoms with Gasteiger partial charge < -0.3 is 15.8 Å². The number of nitrogens with two attached hydrogens (primary N) is 1. The number of carbonyl (C=O) groups excluding carboxylic acids is 1. The number of rotatable bonds is 3. The molecule has 1 aromatic carbocycles. The number of aryl methyl sites for hydroxylation is 1. The molecule has 33 heavy (non-hydrogen) atoms. The molecule has 170 valence electrons. The topological polar surface area (TPSA) is 90.1 Å². The van der Waals surface area contributed by atoms with E-state index in [9.17, 15) is 13.6 Å². The molecule has 3 heterocycles. The van der Waals surface area contributed by atoms with Crippen LogP contribution in [0.25, 0.3) is 21.9 Å². The van der Waals surface area contributed by atoms with Gasteiger partial charge in [-0.2, -0.15) is 0 Å². The number of hydrogen-bond donors (Lipinski definition) is 2. The van der Waals surface area contributed by atoms with Crippen molar-refractivity contribution < 1.29 is 18.3 Å². The Bertz CT molecular complexity index is 1290. The molecule has 0 unspecified atom stereocenters. The minimum absolute atomic E-state index is 0.0411. The van der Waals surface area contributed by atoms with Gasteiger partial charge in [0.25, 0.3) is 5.91 Å². The highest BCUT2D eigenvalue weighted by Gasteiger charge is 2.44. The number of carbonyl (C=O) groups is 1. The molecule has 2 aliphatic rings. The number of pyridine rings is 2. The van der Waals surface area contributed by atoms with E-state index in [1.165, 1.54) is 6.20 Å². The fourth-order valence-electron chi connectivity index (χ4n) is 4.81. The quantitative estimate of drug-likeness (QED) is 0.429. The molecule has 8 heteroatoms. The zero-order valence-corrected chi connectivity index (χ0v) is 18.3. The molecular weight excluding hydrogens is 426 g/mol. The molecule has 6 nitrogen and oxygen atoms in total. The number of nitrogen functional groups attached to an aromatic ring is 1. The molecule has 0 radical (unpaired) electrons. The molecule has 1 saturated carbocycles. The van der Waals surface area contributed by atoms with Gasteiger partial charge in [0.15, 0.2) is 11.6 Å². The van der Waals surface area contributed by atoms with Crippen LogP contribution in [0, 0.1) is 18.2 Å². The lowest BCUT2D eigenvalue weighted by Gasteiger charge is -2.46. The lowest BCUT2D eigenvalue weighted by atomic mass is 9.61. The van der Waals surface area contributed by atoms with E-state index in [-0.39, 0.29) is 16.9 Å². The van der Waals surface area contributed by atoms with Gasteiger partial charge >= 0.3 is 0 Å². The Labute approximate surface area is 189 Å². The molecule has 1 amide bonds. The highest BCUT2D eigenvalue weighted by molar-refractivity contribution is 6.04. The van der Waals surface area contributed by atoms with Crippen molar-refractivity contribution in [3.05, 3.63) is 59.6 Å². The van der Waals surface area contributed by atoms with Gasteiger partial charge in [-0.25, -0.2) is 13.8 Å². The number of aromatic nitrogens is 2. The average Bonchev–Trinajstić information content (AvgIpc) is 2.80. The van der Waals surface area contributed by atoms with Gasteiger partial charge in [0.2, 0.25) is 0 Å². The monoisotopic (exact) mass is 450 g/mol. The van der Waals surface area contributed by atoms with Crippen LogP contribution in [0.2, 0.25) is 0 Å². The highest BCUT2D eigenvalue weighted by Crippen LogP contribution is 2.53. The van der Waals surface area contributed by atoms with Gasteiger partial charge in [0.1, 0.15) is 5.82 Å². The summed E-state index contributed by atoms with van der Waals surface area (Å²) in [5.74, 6) is -1.96. The Balaban J connectivity index is 1.41. The van der Waals surface area contributed by atoms with Crippen molar-refractivity contribution in [3.8, 4) is 11.1 Å². The molecule has 1 aliphatic carbocycles. The van der Waals surface area contributed by atoms with Crippen LogP contribution in [0.3, 0.4) is 0 Å². The maximum absolute atomic E-state index is 15.0. The molecular formula is C25H24F2N4O2. The minimum atomic E-state index is -0.822. The number of allylic oxidation sites excluding steroid dienone is 1. The lowest BCUT2D eigenvalue weighted by Crippen LogP contribution is -2.38. The Kier molecular flexibility index (Phi) is 5.32. The molecule has 1 saturated heterocycles. The molecule has 0 atom stereocenters. The Morgan fingerprint density at radius 2 is 1.94 bits per heavy atom. The molecule has 5 rings (SSSR count). The molecule has 3 N–H and O–H groups in total. The summed E-state index contributed by atoms with van der Waals surface area (Å²) in [5.41, 5.74) is 8.39. The van der Waals surface area contributed by atoms with E-state index in [0.717, 1.165) is 18.4 Å². The van der Waals surface area contributed by atoms with Crippen LogP contribution in [0.4, 0.5) is 20.3 Å². The van der Waals surface area contributed by atoms with Crippen LogP contribution in [0.5, 0.6) is 0 Å². The summed E-state index contributed by atoms with van der Waals surface area (Å²) in [6.07, 6.45) is 7.56. The maximum Gasteiger partial charge on any atom is 0.285 e. The largest absolute Gasteiger partial charge is 0.396 e. The molecule has 3 aromatic rings. The zero-order valence-electron chi connectivity index (χ0n) is 18.3. The van der Waals surface area contributed by atoms with Crippen molar-refractivity contribution in [2.45, 2.75) is 32.6 Å². The first-order valence-electron chi connectivity index (χ1n) is 10.9. The number of fused-ring (bicyclic) bond motifs is 1. The molecule has 0 bridgehead atoms. The standard InChI is InChI=1S/C25H24F2N4O2/c1-14-2-5-29-12-18(14)17-8-15-9-20(30-13-19(15)23(28)22(17)27)31-24(32)21(26)16-10-25(11-16)3-6-33-7-4-25/h2,5,8-9,12-13H,3-4,6-7,10-11,28H2,1H3,(H,30,31,32). The van der Waals surface area contributed by atoms with Crippen LogP contribution in [0.15, 0.2) is 48.2 Å². The third-order valence-electron chi connectivity index (χ3n) is 6.81. The van der Waals surface area contributed by atoms with Gasteiger partial charge in [0.05, 0.1) is 5.69 Å². The predicted octanol–water partition coefficient (Wildman–Crippen LogP) is 5.08. The van der Waals surface area contributed by atoms with Crippen LogP contribution in [-0.4, -0.2) is 29.1 Å². The van der Waals surface area contributed by atoms with Gasteiger partial charge in [-0.15, -0.1) is 0 Å². The van der Waals surface area contributed by atoms with E-state index in [4.69, 9.17) is 10.5 Å². The number of benzene rings is 1. The fraction of sp³-hybridized carbons (Fsp3) is 0.320. The maximum atomic E-state index is 15.0. The molecule has 1 spiro atoms. The second-order valence-corrected chi connectivity index (χ2v) is 8.97. The third-order valence-corrected chi connectivity index (χ3v) is 6.81. The number of nitrogens with zero attached hydrogens (tertiary/aromatic N) is 2. The zero-order chi connectivity index (χ0) is 23.2. The second kappa shape index (κ2) is 8.19. The summed E-state index contributed by atoms with van der Waals surface area (Å²) in [6.45, 7) is 3.23. The van der Waals surface area contributed by atoms with Crippen LogP contribution in [0.1, 0.15) is 31.2 Å². The van der Waals surface area contributed by atoms with Crippen molar-refractivity contribution >= 4 is 28.2 Å². The second-order valence-electron chi connectivity index (χ2n) is 8.97. The summed E-state index contributed by atoms with van der Waals surface area (Å²) in [6, 6.07) is 4.99. The number of ether oxygens (including phenoxy) is 1. The van der Waals surface area contributed by atoms with Crippen LogP contribution in [-0.2, 0) is 9.53 Å². The van der Waals surface area contributed by atoms with E-state index >= 15 is 0 Å². The SMILES string of the molecule is Cc1ccncc1-c1cc2cc(NC(=O)C(F)=C3CC4(CCOCC4)C3)ncc2c(N)c1F. The van der Waals surface area contributed by atoms with Crippen LogP contribution >= 0.6 is 0 Å². The first-order valence-corrected chi connectivity index (χ1v) is 10.9. The summed E-state index contributed by atoms with van der Waals surface area (Å²) in [7, 11) is 0. The van der Waals surface area contributed by atoms with Gasteiger partial charge in [-0.05, 0) is 72.7 Å². The molecule has 2 aromatic heterocycles. The first-order chi connectivity index (χ1) is 15.9. The van der Waals surface area contributed by atoms with Crippen molar-refractivity contribution in [2.24, 2.45) is 5.41 Å². The van der Waals surface area contributed by atoms with Crippen molar-refractivity contribution in [1.82, 2.24) is 9.97 Å². The van der Waals surface area contributed by atoms with Crippen molar-refractivity contribution in [1.29, 1.82) is 0 Å². The summed E-state index contributed by atoms with van der Waals surface area (Å²) < 4.78 is 35.1. The minimum Gasteiger partial charge on any atom is -0.396 e. The number of hydrogen-bond acceptors (Lipinski definition) is 5. The van der Waals surface area contributed by atoms with E-state index in [1.807, 2.05) is 6.92 Å². The predicted molar refractivity (Wildman–Crippen MR) is 123 cm³/mol. The molecule has 1 aliphatic heterocycles. The van der Waals surface area contributed by atoms with Gasteiger partial charge in [-0.3, -0.25) is 9.78 Å². The number of nitrogens with one attached hydrogen (secondary N) is 1. The van der Waals surface area contributed by atoms with Gasteiger partial charge in [-0.1, -0.05) is 0 Å². The Morgan fingerprint density at radius 3 is 2.67 bits per heavy atom. The highest BCUT2D eigenvalue weighted by atomic mass is 19.1. The lowest BCUT2D eigenvalue weighted by molar-refractivity contribution is -0.114. The molecule has 2 fully saturated rings. The van der Waals surface area contributed by atoms with E-state index in [2.05, 4.69) is 15.3 Å². The number of anilines is 2. The van der Waals surface area contributed by atoms with E-state index in [1.54, 1.807) is 30.6 Å². The Hall–Kier alpha value is -3.39. The summed E-state index contributed by atoms with van der Waals surface area (Å²) in [4.78, 5) is 20.7. The summed E-state index contributed by atoms with van der Waals surface area (Å²) >= 11 is 0. The fourth-order valence-corrected chi connectivity index (χ4v) is 4.81. The Morgan fingerprint density at radius 1 is 1.18 bits per heavy atom. The first kappa shape index (κ1) is 21.5. The number of halogens is 2. The van der Waals surface area contributed by atoms with Crippen LogP contribution < -0.4 is 11.1 Å². The van der Waals surface area contributed by atoms with Crippen molar-refractivity contribution in [3.63, 3.8) is 0 Å². The van der Waals surface area contributed by atoms with Gasteiger partial charge in [0, 0.05) is 48.3 Å². The summed E-state index contributed by atoms with van der Waals surface area (Å²) in [5, 5.41) is 3.52. The normalized spacial score (nSPS) is 17.1. The third kappa shape index (κ3) is 3.84. The average molecular weight is 450 g/mol. The van der Waals surface area contributed by atoms with Crippen molar-refractivity contribution in [2.75, 3.05) is 24.3 Å². The smallest absolute Gasteiger partial charge is 0.285 e. The number of amides is 1. The van der Waals surface area contributed by atoms with E-state index in [0.29, 0.717) is 53.5 Å². The van der Waals surface area contributed by atoms with E-state index < -0.39 is 17.6 Å².